The molecule has 0 spiro atoms. The highest BCUT2D eigenvalue weighted by Gasteiger charge is 2.43. The Labute approximate surface area is 111 Å². The van der Waals surface area contributed by atoms with E-state index in [0.717, 1.165) is 18.4 Å². The number of hydrogen-bond donors (Lipinski definition) is 1. The molecule has 1 atom stereocenters. The number of hydrogen-bond acceptors (Lipinski definition) is 2. The lowest BCUT2D eigenvalue weighted by atomic mass is 9.88. The van der Waals surface area contributed by atoms with Crippen molar-refractivity contribution in [3.05, 3.63) is 33.8 Å². The molecule has 0 bridgehead atoms. The van der Waals surface area contributed by atoms with Crippen LogP contribution in [-0.2, 0) is 11.2 Å². The van der Waals surface area contributed by atoms with Gasteiger partial charge in [0.2, 0.25) is 0 Å². The molecule has 1 unspecified atom stereocenters. The van der Waals surface area contributed by atoms with E-state index in [9.17, 15) is 4.79 Å². The second-order valence-electron chi connectivity index (χ2n) is 4.89. The maximum atomic E-state index is 12.1. The first-order valence-corrected chi connectivity index (χ1v) is 6.43. The highest BCUT2D eigenvalue weighted by atomic mass is 35.5. The minimum absolute atomic E-state index is 0.0456. The minimum Gasteiger partial charge on any atom is -0.319 e. The predicted octanol–water partition coefficient (Wildman–Crippen LogP) is 3.23. The monoisotopic (exact) mass is 271 g/mol. The average Bonchev–Trinajstić information content (AvgIpc) is 3.05. The largest absolute Gasteiger partial charge is 0.319 e. The Morgan fingerprint density at radius 1 is 1.47 bits per heavy atom. The van der Waals surface area contributed by atoms with Crippen LogP contribution in [0.4, 0.5) is 0 Å². The summed E-state index contributed by atoms with van der Waals surface area (Å²) < 4.78 is 0. The van der Waals surface area contributed by atoms with Gasteiger partial charge in [0.15, 0.2) is 5.78 Å². The predicted molar refractivity (Wildman–Crippen MR) is 70.5 cm³/mol. The standard InChI is InChI=1S/C13H15Cl2NO/c1-13(16,9-3-4-9)12(17)6-8-2-5-10(14)7-11(8)15/h2,5,7,9H,3-4,6,16H2,1H3. The molecule has 17 heavy (non-hydrogen) atoms. The van der Waals surface area contributed by atoms with E-state index in [0.29, 0.717) is 16.0 Å². The topological polar surface area (TPSA) is 43.1 Å². The molecule has 2 nitrogen and oxygen atoms in total. The van der Waals surface area contributed by atoms with Crippen LogP contribution in [-0.4, -0.2) is 11.3 Å². The minimum atomic E-state index is -0.719. The molecule has 0 saturated heterocycles. The van der Waals surface area contributed by atoms with Crippen LogP contribution in [0.3, 0.4) is 0 Å². The fourth-order valence-electron chi connectivity index (χ4n) is 1.94. The summed E-state index contributed by atoms with van der Waals surface area (Å²) in [6.07, 6.45) is 2.37. The number of nitrogens with two attached hydrogens (primary N) is 1. The summed E-state index contributed by atoms with van der Waals surface area (Å²) in [5, 5.41) is 1.10. The Kier molecular flexibility index (Phi) is 3.48. The van der Waals surface area contributed by atoms with Crippen molar-refractivity contribution in [3.8, 4) is 0 Å². The van der Waals surface area contributed by atoms with Gasteiger partial charge in [-0.3, -0.25) is 4.79 Å². The number of ketones is 1. The van der Waals surface area contributed by atoms with Crippen LogP contribution < -0.4 is 5.73 Å². The van der Waals surface area contributed by atoms with Gasteiger partial charge in [-0.1, -0.05) is 29.3 Å². The highest BCUT2D eigenvalue weighted by Crippen LogP contribution is 2.39. The van der Waals surface area contributed by atoms with Gasteiger partial charge in [-0.2, -0.15) is 0 Å². The molecule has 1 aromatic carbocycles. The third kappa shape index (κ3) is 2.82. The molecule has 1 fully saturated rings. The summed E-state index contributed by atoms with van der Waals surface area (Å²) in [5.74, 6) is 0.380. The fourth-order valence-corrected chi connectivity index (χ4v) is 2.41. The van der Waals surface area contributed by atoms with E-state index in [-0.39, 0.29) is 12.2 Å². The number of rotatable bonds is 4. The van der Waals surface area contributed by atoms with E-state index in [1.807, 2.05) is 6.92 Å². The molecule has 1 aliphatic rings. The van der Waals surface area contributed by atoms with Gasteiger partial charge >= 0.3 is 0 Å². The van der Waals surface area contributed by atoms with Gasteiger partial charge in [-0.15, -0.1) is 0 Å². The second-order valence-corrected chi connectivity index (χ2v) is 5.74. The van der Waals surface area contributed by atoms with Crippen molar-refractivity contribution in [2.24, 2.45) is 11.7 Å². The molecule has 4 heteroatoms. The Hall–Kier alpha value is -0.570. The van der Waals surface area contributed by atoms with Gasteiger partial charge in [0.05, 0.1) is 5.54 Å². The molecule has 1 aliphatic carbocycles. The van der Waals surface area contributed by atoms with Crippen LogP contribution in [0, 0.1) is 5.92 Å². The molecule has 2 N–H and O–H groups in total. The third-order valence-electron chi connectivity index (χ3n) is 3.39. The number of carbonyl (C=O) groups is 1. The third-order valence-corrected chi connectivity index (χ3v) is 3.98. The normalized spacial score (nSPS) is 18.8. The summed E-state index contributed by atoms with van der Waals surface area (Å²) in [4.78, 5) is 12.1. The molecule has 1 aromatic rings. The van der Waals surface area contributed by atoms with Gasteiger partial charge in [0, 0.05) is 16.5 Å². The van der Waals surface area contributed by atoms with E-state index in [1.165, 1.54) is 0 Å². The van der Waals surface area contributed by atoms with Gasteiger partial charge in [-0.05, 0) is 43.4 Å². The van der Waals surface area contributed by atoms with Crippen LogP contribution in [0.1, 0.15) is 25.3 Å². The van der Waals surface area contributed by atoms with E-state index in [2.05, 4.69) is 0 Å². The lowest BCUT2D eigenvalue weighted by Gasteiger charge is -2.22. The lowest BCUT2D eigenvalue weighted by molar-refractivity contribution is -0.123. The van der Waals surface area contributed by atoms with Gasteiger partial charge in [0.1, 0.15) is 0 Å². The molecule has 92 valence electrons. The molecule has 0 heterocycles. The van der Waals surface area contributed by atoms with Crippen molar-refractivity contribution in [2.45, 2.75) is 31.7 Å². The van der Waals surface area contributed by atoms with Crippen molar-refractivity contribution in [1.29, 1.82) is 0 Å². The van der Waals surface area contributed by atoms with Crippen LogP contribution in [0.2, 0.25) is 10.0 Å². The maximum Gasteiger partial charge on any atom is 0.157 e. The zero-order valence-corrected chi connectivity index (χ0v) is 11.2. The van der Waals surface area contributed by atoms with Crippen molar-refractivity contribution in [3.63, 3.8) is 0 Å². The number of halogens is 2. The molecule has 0 radical (unpaired) electrons. The first kappa shape index (κ1) is 12.9. The summed E-state index contributed by atoms with van der Waals surface area (Å²) in [6.45, 7) is 1.82. The van der Waals surface area contributed by atoms with Gasteiger partial charge in [-0.25, -0.2) is 0 Å². The van der Waals surface area contributed by atoms with E-state index >= 15 is 0 Å². The van der Waals surface area contributed by atoms with Gasteiger partial charge in [0.25, 0.3) is 0 Å². The van der Waals surface area contributed by atoms with Crippen molar-refractivity contribution < 1.29 is 4.79 Å². The van der Waals surface area contributed by atoms with Crippen LogP contribution in [0.25, 0.3) is 0 Å². The number of Topliss-reactive ketones (excluding diaryl/α,β-unsaturated/α-hetero) is 1. The van der Waals surface area contributed by atoms with E-state index in [4.69, 9.17) is 28.9 Å². The van der Waals surface area contributed by atoms with Crippen molar-refractivity contribution in [1.82, 2.24) is 0 Å². The van der Waals surface area contributed by atoms with E-state index in [1.54, 1.807) is 18.2 Å². The molecular formula is C13H15Cl2NO. The first-order valence-electron chi connectivity index (χ1n) is 5.67. The zero-order chi connectivity index (χ0) is 12.6. The first-order chi connectivity index (χ1) is 7.91. The molecule has 2 rings (SSSR count). The Balaban J connectivity index is 2.12. The molecule has 0 aromatic heterocycles. The van der Waals surface area contributed by atoms with Crippen LogP contribution in [0.5, 0.6) is 0 Å². The smallest absolute Gasteiger partial charge is 0.157 e. The van der Waals surface area contributed by atoms with Crippen LogP contribution in [0.15, 0.2) is 18.2 Å². The second kappa shape index (κ2) is 4.60. The van der Waals surface area contributed by atoms with Crippen molar-refractivity contribution >= 4 is 29.0 Å². The summed E-state index contributed by atoms with van der Waals surface area (Å²) >= 11 is 11.9. The highest BCUT2D eigenvalue weighted by molar-refractivity contribution is 6.35. The van der Waals surface area contributed by atoms with Crippen molar-refractivity contribution in [2.75, 3.05) is 0 Å². The molecule has 0 aliphatic heterocycles. The summed E-state index contributed by atoms with van der Waals surface area (Å²) in [7, 11) is 0. The molecular weight excluding hydrogens is 257 g/mol. The average molecular weight is 272 g/mol. The van der Waals surface area contributed by atoms with Gasteiger partial charge < -0.3 is 5.73 Å². The fraction of sp³-hybridized carbons (Fsp3) is 0.462. The van der Waals surface area contributed by atoms with E-state index < -0.39 is 5.54 Å². The Morgan fingerprint density at radius 3 is 2.65 bits per heavy atom. The number of benzene rings is 1. The summed E-state index contributed by atoms with van der Waals surface area (Å²) in [6, 6.07) is 5.17. The SMILES string of the molecule is CC(N)(C(=O)Cc1ccc(Cl)cc1Cl)C1CC1. The Morgan fingerprint density at radius 2 is 2.12 bits per heavy atom. The summed E-state index contributed by atoms with van der Waals surface area (Å²) in [5.41, 5.74) is 6.15. The quantitative estimate of drug-likeness (QED) is 0.914. The Bertz CT molecular complexity index is 453. The lowest BCUT2D eigenvalue weighted by Crippen LogP contribution is -2.47. The molecule has 0 amide bonds. The number of carbonyl (C=O) groups excluding carboxylic acids is 1. The molecule has 1 saturated carbocycles. The maximum absolute atomic E-state index is 12.1. The zero-order valence-electron chi connectivity index (χ0n) is 9.67. The van der Waals surface area contributed by atoms with Crippen LogP contribution >= 0.6 is 23.2 Å².